The molecule has 0 aliphatic heterocycles. The normalized spacial score (nSPS) is 10.5. The molecule has 2 rings (SSSR count). The quantitative estimate of drug-likeness (QED) is 0.513. The molecule has 0 bridgehead atoms. The summed E-state index contributed by atoms with van der Waals surface area (Å²) in [7, 11) is 1.30. The van der Waals surface area contributed by atoms with Gasteiger partial charge in [-0.25, -0.2) is 4.79 Å². The van der Waals surface area contributed by atoms with Crippen molar-refractivity contribution in [3.63, 3.8) is 0 Å². The highest BCUT2D eigenvalue weighted by Gasteiger charge is 2.11. The van der Waals surface area contributed by atoms with Crippen molar-refractivity contribution in [1.29, 1.82) is 0 Å². The Morgan fingerprint density at radius 1 is 1.00 bits per heavy atom. The van der Waals surface area contributed by atoms with Crippen LogP contribution in [0.4, 0.5) is 5.69 Å². The molecule has 0 aliphatic carbocycles. The van der Waals surface area contributed by atoms with Crippen molar-refractivity contribution >= 4 is 29.4 Å². The number of Topliss-reactive ketones (excluding diaryl/α,β-unsaturated/α-hetero) is 1. The van der Waals surface area contributed by atoms with Gasteiger partial charge in [0.25, 0.3) is 0 Å². The molecule has 0 spiro atoms. The zero-order valence-corrected chi connectivity index (χ0v) is 14.3. The van der Waals surface area contributed by atoms with Crippen LogP contribution in [0.5, 0.6) is 0 Å². The highest BCUT2D eigenvalue weighted by molar-refractivity contribution is 5.99. The number of ether oxygens (including phenoxy) is 1. The van der Waals surface area contributed by atoms with E-state index >= 15 is 0 Å². The van der Waals surface area contributed by atoms with E-state index in [4.69, 9.17) is 0 Å². The first-order valence-corrected chi connectivity index (χ1v) is 7.70. The second-order valence-corrected chi connectivity index (χ2v) is 5.44. The van der Waals surface area contributed by atoms with Gasteiger partial charge < -0.3 is 10.1 Å². The molecule has 128 valence electrons. The molecule has 0 aliphatic rings. The molecule has 5 nitrogen and oxygen atoms in total. The number of methoxy groups -OCH3 is 1. The van der Waals surface area contributed by atoms with Gasteiger partial charge in [0.15, 0.2) is 5.78 Å². The van der Waals surface area contributed by atoms with Gasteiger partial charge in [-0.05, 0) is 24.1 Å². The number of benzene rings is 2. The first kappa shape index (κ1) is 18.1. The maximum Gasteiger partial charge on any atom is 0.330 e. The maximum absolute atomic E-state index is 11.6. The summed E-state index contributed by atoms with van der Waals surface area (Å²) >= 11 is 0. The molecule has 0 saturated heterocycles. The Morgan fingerprint density at radius 3 is 2.24 bits per heavy atom. The fourth-order valence-electron chi connectivity index (χ4n) is 2.38. The molecule has 1 amide bonds. The molecule has 25 heavy (non-hydrogen) atoms. The van der Waals surface area contributed by atoms with Crippen molar-refractivity contribution < 1.29 is 19.1 Å². The van der Waals surface area contributed by atoms with Crippen molar-refractivity contribution in [3.05, 3.63) is 59.7 Å². The number of esters is 1. The highest BCUT2D eigenvalue weighted by atomic mass is 16.5. The Bertz CT molecular complexity index is 835. The van der Waals surface area contributed by atoms with Gasteiger partial charge in [-0.2, -0.15) is 0 Å². The summed E-state index contributed by atoms with van der Waals surface area (Å²) in [6.07, 6.45) is 2.88. The summed E-state index contributed by atoms with van der Waals surface area (Å²) in [5.41, 5.74) is 3.52. The molecule has 0 atom stereocenters. The number of amides is 1. The number of hydrogen-bond donors (Lipinski definition) is 1. The van der Waals surface area contributed by atoms with Crippen LogP contribution in [-0.2, 0) is 14.3 Å². The number of anilines is 1. The van der Waals surface area contributed by atoms with E-state index in [0.29, 0.717) is 16.8 Å². The lowest BCUT2D eigenvalue weighted by Gasteiger charge is -2.14. The molecule has 0 fully saturated rings. The topological polar surface area (TPSA) is 72.5 Å². The van der Waals surface area contributed by atoms with Crippen LogP contribution in [0.2, 0.25) is 0 Å². The third-order valence-corrected chi connectivity index (χ3v) is 3.60. The van der Waals surface area contributed by atoms with Crippen LogP contribution in [0.3, 0.4) is 0 Å². The zero-order valence-electron chi connectivity index (χ0n) is 14.3. The van der Waals surface area contributed by atoms with Crippen LogP contribution in [0.25, 0.3) is 17.2 Å². The van der Waals surface area contributed by atoms with E-state index in [9.17, 15) is 14.4 Å². The van der Waals surface area contributed by atoms with Crippen molar-refractivity contribution in [3.8, 4) is 11.1 Å². The molecule has 0 radical (unpaired) electrons. The van der Waals surface area contributed by atoms with Gasteiger partial charge in [0.2, 0.25) is 5.91 Å². The van der Waals surface area contributed by atoms with Crippen LogP contribution in [0, 0.1) is 0 Å². The number of hydrogen-bond acceptors (Lipinski definition) is 4. The van der Waals surface area contributed by atoms with Crippen molar-refractivity contribution in [1.82, 2.24) is 0 Å². The molecule has 0 heterocycles. The Labute approximate surface area is 146 Å². The molecular weight excluding hydrogens is 318 g/mol. The molecule has 5 heteroatoms. The van der Waals surface area contributed by atoms with E-state index in [1.165, 1.54) is 27.0 Å². The Morgan fingerprint density at radius 2 is 1.68 bits per heavy atom. The van der Waals surface area contributed by atoms with Crippen LogP contribution < -0.4 is 5.32 Å². The maximum atomic E-state index is 11.6. The fourth-order valence-corrected chi connectivity index (χ4v) is 2.38. The van der Waals surface area contributed by atoms with Crippen molar-refractivity contribution in [2.24, 2.45) is 0 Å². The number of para-hydroxylation sites is 1. The Hall–Kier alpha value is -3.21. The fraction of sp³-hybridized carbons (Fsp3) is 0.150. The first-order valence-electron chi connectivity index (χ1n) is 7.70. The number of ketones is 1. The summed E-state index contributed by atoms with van der Waals surface area (Å²) in [5.74, 6) is -0.714. The summed E-state index contributed by atoms with van der Waals surface area (Å²) in [5, 5.41) is 2.81. The van der Waals surface area contributed by atoms with E-state index in [2.05, 4.69) is 10.1 Å². The minimum absolute atomic E-state index is 0.0107. The average molecular weight is 337 g/mol. The number of rotatable bonds is 5. The van der Waals surface area contributed by atoms with E-state index < -0.39 is 5.97 Å². The third kappa shape index (κ3) is 4.64. The van der Waals surface area contributed by atoms with E-state index in [1.807, 2.05) is 24.3 Å². The smallest absolute Gasteiger partial charge is 0.330 e. The Balaban J connectivity index is 2.52. The van der Waals surface area contributed by atoms with Gasteiger partial charge in [-0.3, -0.25) is 9.59 Å². The van der Waals surface area contributed by atoms with Crippen LogP contribution in [-0.4, -0.2) is 24.8 Å². The average Bonchev–Trinajstić information content (AvgIpc) is 2.60. The van der Waals surface area contributed by atoms with E-state index in [0.717, 1.165) is 11.1 Å². The van der Waals surface area contributed by atoms with Gasteiger partial charge >= 0.3 is 5.97 Å². The SMILES string of the molecule is COC(=O)/C=C/c1cccc(-c2ccc(C(C)=O)cc2)c1NC(C)=O. The predicted molar refractivity (Wildman–Crippen MR) is 97.2 cm³/mol. The number of carbonyl (C=O) groups is 3. The van der Waals surface area contributed by atoms with Gasteiger partial charge in [-0.15, -0.1) is 0 Å². The van der Waals surface area contributed by atoms with Crippen LogP contribution in [0.1, 0.15) is 29.8 Å². The molecule has 0 aromatic heterocycles. The van der Waals surface area contributed by atoms with Gasteiger partial charge in [0.1, 0.15) is 0 Å². The highest BCUT2D eigenvalue weighted by Crippen LogP contribution is 2.32. The van der Waals surface area contributed by atoms with E-state index in [1.54, 1.807) is 24.3 Å². The first-order chi connectivity index (χ1) is 11.9. The van der Waals surface area contributed by atoms with Crippen LogP contribution in [0.15, 0.2) is 48.5 Å². The molecular formula is C20H19NO4. The van der Waals surface area contributed by atoms with Gasteiger partial charge in [0.05, 0.1) is 12.8 Å². The number of carbonyl (C=O) groups excluding carboxylic acids is 3. The third-order valence-electron chi connectivity index (χ3n) is 3.60. The second-order valence-electron chi connectivity index (χ2n) is 5.44. The lowest BCUT2D eigenvalue weighted by Crippen LogP contribution is -2.08. The molecule has 2 aromatic rings. The largest absolute Gasteiger partial charge is 0.466 e. The standard InChI is InChI=1S/C20H19NO4/c1-13(22)15-7-9-16(10-8-15)18-6-4-5-17(11-12-19(24)25-3)20(18)21-14(2)23/h4-12H,1-3H3,(H,21,23)/b12-11+. The molecule has 0 saturated carbocycles. The van der Waals surface area contributed by atoms with Gasteiger partial charge in [-0.1, -0.05) is 42.5 Å². The predicted octanol–water partition coefficient (Wildman–Crippen LogP) is 3.70. The summed E-state index contributed by atoms with van der Waals surface area (Å²) in [6, 6.07) is 12.6. The monoisotopic (exact) mass is 337 g/mol. The number of nitrogens with one attached hydrogen (secondary N) is 1. The Kier molecular flexibility index (Phi) is 5.84. The lowest BCUT2D eigenvalue weighted by atomic mass is 9.98. The summed E-state index contributed by atoms with van der Waals surface area (Å²) in [6.45, 7) is 2.93. The molecule has 1 N–H and O–H groups in total. The van der Waals surface area contributed by atoms with E-state index in [-0.39, 0.29) is 11.7 Å². The summed E-state index contributed by atoms with van der Waals surface area (Å²) in [4.78, 5) is 34.4. The molecule has 2 aromatic carbocycles. The van der Waals surface area contributed by atoms with Crippen molar-refractivity contribution in [2.45, 2.75) is 13.8 Å². The van der Waals surface area contributed by atoms with Gasteiger partial charge in [0, 0.05) is 24.1 Å². The minimum Gasteiger partial charge on any atom is -0.466 e. The molecule has 0 unspecified atom stereocenters. The van der Waals surface area contributed by atoms with Crippen molar-refractivity contribution in [2.75, 3.05) is 12.4 Å². The zero-order chi connectivity index (χ0) is 18.4. The minimum atomic E-state index is -0.481. The lowest BCUT2D eigenvalue weighted by molar-refractivity contribution is -0.134. The second kappa shape index (κ2) is 8.06. The summed E-state index contributed by atoms with van der Waals surface area (Å²) < 4.78 is 4.60. The van der Waals surface area contributed by atoms with Crippen LogP contribution >= 0.6 is 0 Å².